The molecule has 4 N–H and O–H groups in total. The maximum Gasteiger partial charge on any atom is 0.336 e. The van der Waals surface area contributed by atoms with E-state index in [0.29, 0.717) is 30.2 Å². The second kappa shape index (κ2) is 11.6. The monoisotopic (exact) mass is 516 g/mol. The molecule has 8 heteroatoms. The average molecular weight is 517 g/mol. The van der Waals surface area contributed by atoms with E-state index in [-0.39, 0.29) is 11.1 Å². The van der Waals surface area contributed by atoms with Crippen LogP contribution in [0.4, 0.5) is 11.4 Å². The average Bonchev–Trinajstić information content (AvgIpc) is 2.90. The molecule has 200 valence electrons. The molecule has 1 aliphatic heterocycles. The van der Waals surface area contributed by atoms with Crippen molar-refractivity contribution in [1.29, 1.82) is 0 Å². The molecule has 0 aliphatic carbocycles. The van der Waals surface area contributed by atoms with Crippen LogP contribution in [0.3, 0.4) is 0 Å². The quantitative estimate of drug-likeness (QED) is 0.263. The first-order chi connectivity index (χ1) is 18.2. The highest BCUT2D eigenvalue weighted by atomic mass is 16.5. The number of ether oxygens (including phenoxy) is 1. The molecule has 8 nitrogen and oxygen atoms in total. The van der Waals surface area contributed by atoms with Crippen molar-refractivity contribution in [1.82, 2.24) is 5.32 Å². The van der Waals surface area contributed by atoms with E-state index in [4.69, 9.17) is 10.5 Å². The lowest BCUT2D eigenvalue weighted by atomic mass is 9.79. The summed E-state index contributed by atoms with van der Waals surface area (Å²) in [6.07, 6.45) is 2.58. The van der Waals surface area contributed by atoms with Crippen LogP contribution in [0.1, 0.15) is 62.6 Å². The molecule has 0 fully saturated rings. The van der Waals surface area contributed by atoms with Gasteiger partial charge in [0.1, 0.15) is 11.5 Å². The Hall–Kier alpha value is -4.04. The minimum absolute atomic E-state index is 0.00382. The number of hydrogen-bond donors (Lipinski definition) is 3. The van der Waals surface area contributed by atoms with Crippen molar-refractivity contribution in [2.45, 2.75) is 25.2 Å². The zero-order valence-corrected chi connectivity index (χ0v) is 22.5. The summed E-state index contributed by atoms with van der Waals surface area (Å²) in [5.74, 6) is -0.635. The zero-order chi connectivity index (χ0) is 27.4. The van der Waals surface area contributed by atoms with Crippen molar-refractivity contribution in [2.24, 2.45) is 5.73 Å². The third kappa shape index (κ3) is 5.45. The van der Waals surface area contributed by atoms with Gasteiger partial charge in [-0.25, -0.2) is 4.79 Å². The molecule has 0 saturated carbocycles. The normalized spacial score (nSPS) is 12.2. The van der Waals surface area contributed by atoms with Gasteiger partial charge in [-0.3, -0.25) is 4.79 Å². The lowest BCUT2D eigenvalue weighted by Gasteiger charge is -2.31. The van der Waals surface area contributed by atoms with Gasteiger partial charge in [0.15, 0.2) is 0 Å². The van der Waals surface area contributed by atoms with Crippen LogP contribution in [-0.4, -0.2) is 58.3 Å². The highest BCUT2D eigenvalue weighted by Gasteiger charge is 2.34. The number of rotatable bonds is 10. The number of carbonyl (C=O) groups is 2. The third-order valence-corrected chi connectivity index (χ3v) is 6.90. The second-order valence-electron chi connectivity index (χ2n) is 9.95. The fraction of sp³-hybridized carbons (Fsp3) is 0.333. The Labute approximate surface area is 224 Å². The number of unbranched alkanes of at least 4 members (excludes halogenated alkanes) is 2. The largest absolute Gasteiger partial charge is 0.478 e. The first kappa shape index (κ1) is 27.0. The molecule has 0 saturated heterocycles. The maximum absolute atomic E-state index is 13.1. The maximum atomic E-state index is 13.1. The van der Waals surface area contributed by atoms with Gasteiger partial charge in [-0.1, -0.05) is 30.7 Å². The Bertz CT molecular complexity index is 1280. The summed E-state index contributed by atoms with van der Waals surface area (Å²) in [6, 6.07) is 17.0. The number of carbonyl (C=O) groups excluding carboxylic acids is 1. The van der Waals surface area contributed by atoms with E-state index in [2.05, 4.69) is 5.32 Å². The Kier molecular flexibility index (Phi) is 8.22. The summed E-state index contributed by atoms with van der Waals surface area (Å²) in [4.78, 5) is 29.8. The van der Waals surface area contributed by atoms with Crippen molar-refractivity contribution in [3.63, 3.8) is 0 Å². The van der Waals surface area contributed by atoms with Gasteiger partial charge in [0.2, 0.25) is 0 Å². The van der Waals surface area contributed by atoms with Crippen molar-refractivity contribution in [3.05, 3.63) is 82.4 Å². The first-order valence-electron chi connectivity index (χ1n) is 12.9. The third-order valence-electron chi connectivity index (χ3n) is 6.90. The van der Waals surface area contributed by atoms with Crippen molar-refractivity contribution < 1.29 is 19.4 Å². The van der Waals surface area contributed by atoms with Gasteiger partial charge in [-0.15, -0.1) is 0 Å². The number of aromatic carboxylic acids is 1. The van der Waals surface area contributed by atoms with Gasteiger partial charge in [0, 0.05) is 75.3 Å². The van der Waals surface area contributed by atoms with Crippen molar-refractivity contribution in [3.8, 4) is 11.5 Å². The Morgan fingerprint density at radius 3 is 2.00 bits per heavy atom. The predicted octanol–water partition coefficient (Wildman–Crippen LogP) is 4.66. The molecule has 0 bridgehead atoms. The lowest BCUT2D eigenvalue weighted by molar-refractivity contribution is 0.0689. The Balaban J connectivity index is 1.83. The molecule has 38 heavy (non-hydrogen) atoms. The van der Waals surface area contributed by atoms with Crippen LogP contribution in [0.15, 0.2) is 54.6 Å². The number of amides is 1. The van der Waals surface area contributed by atoms with Gasteiger partial charge in [0.05, 0.1) is 11.1 Å². The highest BCUT2D eigenvalue weighted by Crippen LogP contribution is 2.50. The SMILES string of the molecule is CN(C)c1ccc2c(c1)Oc1cc(N(C)C)ccc1C2c1cccc(C(=O)NCCCCCN)c1C(=O)O. The van der Waals surface area contributed by atoms with E-state index in [1.165, 1.54) is 0 Å². The van der Waals surface area contributed by atoms with Gasteiger partial charge in [-0.2, -0.15) is 0 Å². The summed E-state index contributed by atoms with van der Waals surface area (Å²) in [6.45, 7) is 1.07. The molecule has 1 aliphatic rings. The number of carboxylic acids is 1. The number of hydrogen-bond acceptors (Lipinski definition) is 6. The lowest BCUT2D eigenvalue weighted by Crippen LogP contribution is -2.27. The van der Waals surface area contributed by atoms with Gasteiger partial charge in [-0.05, 0) is 43.1 Å². The van der Waals surface area contributed by atoms with E-state index in [0.717, 1.165) is 41.8 Å². The van der Waals surface area contributed by atoms with E-state index >= 15 is 0 Å². The van der Waals surface area contributed by atoms with Crippen LogP contribution in [0.2, 0.25) is 0 Å². The molecule has 0 atom stereocenters. The summed E-state index contributed by atoms with van der Waals surface area (Å²) >= 11 is 0. The summed E-state index contributed by atoms with van der Waals surface area (Å²) < 4.78 is 6.39. The van der Waals surface area contributed by atoms with E-state index in [1.54, 1.807) is 18.2 Å². The van der Waals surface area contributed by atoms with E-state index < -0.39 is 17.8 Å². The van der Waals surface area contributed by atoms with Crippen LogP contribution in [0.25, 0.3) is 0 Å². The van der Waals surface area contributed by atoms with Crippen molar-refractivity contribution >= 4 is 23.3 Å². The summed E-state index contributed by atoms with van der Waals surface area (Å²) in [7, 11) is 7.84. The van der Waals surface area contributed by atoms with Crippen LogP contribution in [0, 0.1) is 0 Å². The fourth-order valence-electron chi connectivity index (χ4n) is 4.86. The number of fused-ring (bicyclic) bond motifs is 2. The second-order valence-corrected chi connectivity index (χ2v) is 9.95. The molecule has 1 amide bonds. The minimum Gasteiger partial charge on any atom is -0.478 e. The molecule has 0 radical (unpaired) electrons. The van der Waals surface area contributed by atoms with E-state index in [1.807, 2.05) is 74.4 Å². The first-order valence-corrected chi connectivity index (χ1v) is 12.9. The molecule has 3 aromatic carbocycles. The van der Waals surface area contributed by atoms with Crippen LogP contribution in [0.5, 0.6) is 11.5 Å². The number of carboxylic acid groups (broad SMARTS) is 1. The topological polar surface area (TPSA) is 108 Å². The number of nitrogens with zero attached hydrogens (tertiary/aromatic N) is 2. The number of benzene rings is 3. The van der Waals surface area contributed by atoms with Gasteiger partial charge < -0.3 is 30.7 Å². The van der Waals surface area contributed by atoms with Crippen LogP contribution >= 0.6 is 0 Å². The Morgan fingerprint density at radius 1 is 0.868 bits per heavy atom. The minimum atomic E-state index is -1.14. The predicted molar refractivity (Wildman–Crippen MR) is 151 cm³/mol. The molecule has 1 heterocycles. The summed E-state index contributed by atoms with van der Waals surface area (Å²) in [5.41, 5.74) is 9.89. The van der Waals surface area contributed by atoms with E-state index in [9.17, 15) is 14.7 Å². The standard InChI is InChI=1S/C30H36N4O4/c1-33(2)19-11-13-21-25(17-19)38-26-18-20(34(3)4)12-14-22(26)27(21)23-9-8-10-24(28(23)30(36)37)29(35)32-16-7-5-6-15-31/h8-14,17-18,27H,5-7,15-16,31H2,1-4H3,(H,32,35)(H,36,37). The molecule has 3 aromatic rings. The smallest absolute Gasteiger partial charge is 0.336 e. The molecule has 4 rings (SSSR count). The van der Waals surface area contributed by atoms with Crippen molar-refractivity contribution in [2.75, 3.05) is 51.1 Å². The highest BCUT2D eigenvalue weighted by molar-refractivity contribution is 6.06. The fourth-order valence-corrected chi connectivity index (χ4v) is 4.86. The number of nitrogens with two attached hydrogens (primary N) is 1. The zero-order valence-electron chi connectivity index (χ0n) is 22.5. The van der Waals surface area contributed by atoms with Crippen LogP contribution in [-0.2, 0) is 0 Å². The number of nitrogens with one attached hydrogen (secondary N) is 1. The van der Waals surface area contributed by atoms with Gasteiger partial charge >= 0.3 is 5.97 Å². The Morgan fingerprint density at radius 2 is 1.47 bits per heavy atom. The molecular weight excluding hydrogens is 480 g/mol. The van der Waals surface area contributed by atoms with Crippen LogP contribution < -0.4 is 25.6 Å². The molecule has 0 aromatic heterocycles. The number of anilines is 2. The molecule has 0 spiro atoms. The van der Waals surface area contributed by atoms with Gasteiger partial charge in [0.25, 0.3) is 5.91 Å². The summed E-state index contributed by atoms with van der Waals surface area (Å²) in [5, 5.41) is 13.2. The molecular formula is C30H36N4O4. The molecule has 0 unspecified atom stereocenters.